The van der Waals surface area contributed by atoms with Crippen molar-refractivity contribution in [2.24, 2.45) is 0 Å². The maximum Gasteiger partial charge on any atom is 0.177 e. The summed E-state index contributed by atoms with van der Waals surface area (Å²) >= 11 is 0. The van der Waals surface area contributed by atoms with E-state index in [0.717, 1.165) is 0 Å². The zero-order valence-corrected chi connectivity index (χ0v) is 6.49. The second kappa shape index (κ2) is 4.03. The minimum Gasteiger partial charge on any atom is -0.508 e. The largest absolute Gasteiger partial charge is 0.508 e. The predicted molar refractivity (Wildman–Crippen MR) is 41.2 cm³/mol. The van der Waals surface area contributed by atoms with Gasteiger partial charge >= 0.3 is 0 Å². The highest BCUT2D eigenvalue weighted by atomic mass is 16.5. The topological polar surface area (TPSA) is 38.7 Å². The van der Waals surface area contributed by atoms with Gasteiger partial charge in [-0.3, -0.25) is 0 Å². The van der Waals surface area contributed by atoms with Gasteiger partial charge in [-0.2, -0.15) is 0 Å². The van der Waals surface area contributed by atoms with Crippen LogP contribution in [0.2, 0.25) is 0 Å². The van der Waals surface area contributed by atoms with Gasteiger partial charge in [0.25, 0.3) is 0 Å². The predicted octanol–water partition coefficient (Wildman–Crippen LogP) is 1.38. The van der Waals surface area contributed by atoms with Gasteiger partial charge < -0.3 is 14.6 Å². The number of ether oxygens (including phenoxy) is 2. The Labute approximate surface area is 65.9 Å². The molecule has 0 saturated carbocycles. The summed E-state index contributed by atoms with van der Waals surface area (Å²) in [6, 6.07) is 0. The average Bonchev–Trinajstić information content (AvgIpc) is 2.03. The van der Waals surface area contributed by atoms with Crippen LogP contribution in [0.15, 0.2) is 24.2 Å². The molecule has 3 nitrogen and oxygen atoms in total. The molecule has 11 heavy (non-hydrogen) atoms. The van der Waals surface area contributed by atoms with Crippen molar-refractivity contribution in [3.8, 4) is 0 Å². The fourth-order valence-corrected chi connectivity index (χ4v) is 0.805. The van der Waals surface area contributed by atoms with Gasteiger partial charge in [0.15, 0.2) is 6.10 Å². The molecule has 0 saturated heterocycles. The first kappa shape index (κ1) is 8.14. The lowest BCUT2D eigenvalue weighted by Gasteiger charge is -2.17. The molecule has 0 fully saturated rings. The molecule has 0 bridgehead atoms. The molecule has 0 aromatic rings. The van der Waals surface area contributed by atoms with Crippen molar-refractivity contribution in [1.29, 1.82) is 0 Å². The summed E-state index contributed by atoms with van der Waals surface area (Å²) in [7, 11) is 0. The third-order valence-corrected chi connectivity index (χ3v) is 1.39. The van der Waals surface area contributed by atoms with Gasteiger partial charge in [0.05, 0.1) is 12.9 Å². The van der Waals surface area contributed by atoms with E-state index >= 15 is 0 Å². The third kappa shape index (κ3) is 2.27. The highest BCUT2D eigenvalue weighted by molar-refractivity contribution is 5.12. The Hall–Kier alpha value is -0.960. The van der Waals surface area contributed by atoms with Gasteiger partial charge in [-0.05, 0) is 19.1 Å². The number of allylic oxidation sites excluding steroid dienone is 2. The molecule has 1 N–H and O–H groups in total. The lowest BCUT2D eigenvalue weighted by atomic mass is 10.2. The van der Waals surface area contributed by atoms with E-state index in [2.05, 4.69) is 0 Å². The second-order valence-electron chi connectivity index (χ2n) is 2.20. The summed E-state index contributed by atoms with van der Waals surface area (Å²) in [6.07, 6.45) is 4.48. The molecule has 1 rings (SSSR count). The van der Waals surface area contributed by atoms with Crippen LogP contribution in [0.25, 0.3) is 0 Å². The monoisotopic (exact) mass is 156 g/mol. The first-order chi connectivity index (χ1) is 5.34. The molecule has 1 atom stereocenters. The van der Waals surface area contributed by atoms with Gasteiger partial charge in [-0.1, -0.05) is 0 Å². The van der Waals surface area contributed by atoms with E-state index < -0.39 is 0 Å². The maximum atomic E-state index is 9.20. The van der Waals surface area contributed by atoms with E-state index in [1.165, 1.54) is 0 Å². The molecule has 62 valence electrons. The van der Waals surface area contributed by atoms with E-state index in [9.17, 15) is 5.11 Å². The Morgan fingerprint density at radius 1 is 1.73 bits per heavy atom. The maximum absolute atomic E-state index is 9.20. The second-order valence-corrected chi connectivity index (χ2v) is 2.20. The van der Waals surface area contributed by atoms with Gasteiger partial charge in [-0.15, -0.1) is 0 Å². The standard InChI is InChI=1S/C8H12O3/c1-2-10-6-8-7(9)4-3-5-11-8/h3-5,8-9H,2,6H2,1H3. The normalized spacial score (nSPS) is 22.6. The zero-order valence-electron chi connectivity index (χ0n) is 6.49. The number of hydrogen-bond donors (Lipinski definition) is 1. The molecule has 0 amide bonds. The minimum absolute atomic E-state index is 0.223. The van der Waals surface area contributed by atoms with Crippen LogP contribution in [-0.4, -0.2) is 24.4 Å². The molecule has 3 heteroatoms. The lowest BCUT2D eigenvalue weighted by molar-refractivity contribution is 0.0280. The fraction of sp³-hybridized carbons (Fsp3) is 0.500. The quantitative estimate of drug-likeness (QED) is 0.670. The van der Waals surface area contributed by atoms with E-state index in [1.807, 2.05) is 6.92 Å². The van der Waals surface area contributed by atoms with Crippen LogP contribution < -0.4 is 0 Å². The first-order valence-electron chi connectivity index (χ1n) is 3.63. The Morgan fingerprint density at radius 2 is 2.55 bits per heavy atom. The minimum atomic E-state index is -0.319. The SMILES string of the molecule is CCOCC1OC=CC=C1O. The summed E-state index contributed by atoms with van der Waals surface area (Å²) in [5, 5.41) is 9.20. The number of aliphatic hydroxyl groups excluding tert-OH is 1. The molecular weight excluding hydrogens is 144 g/mol. The fourth-order valence-electron chi connectivity index (χ4n) is 0.805. The smallest absolute Gasteiger partial charge is 0.177 e. The molecule has 0 aliphatic carbocycles. The molecule has 1 heterocycles. The van der Waals surface area contributed by atoms with Gasteiger partial charge in [0, 0.05) is 6.61 Å². The average molecular weight is 156 g/mol. The Kier molecular flexibility index (Phi) is 2.98. The van der Waals surface area contributed by atoms with Crippen LogP contribution in [0.5, 0.6) is 0 Å². The third-order valence-electron chi connectivity index (χ3n) is 1.39. The Balaban J connectivity index is 2.35. The molecule has 0 spiro atoms. The van der Waals surface area contributed by atoms with Crippen LogP contribution >= 0.6 is 0 Å². The van der Waals surface area contributed by atoms with E-state index in [-0.39, 0.29) is 11.9 Å². The molecule has 0 aromatic carbocycles. The van der Waals surface area contributed by atoms with Crippen molar-refractivity contribution in [3.63, 3.8) is 0 Å². The van der Waals surface area contributed by atoms with Crippen LogP contribution in [-0.2, 0) is 9.47 Å². The summed E-state index contributed by atoms with van der Waals surface area (Å²) < 4.78 is 10.2. The first-order valence-corrected chi connectivity index (χ1v) is 3.63. The van der Waals surface area contributed by atoms with Crippen LogP contribution in [0.3, 0.4) is 0 Å². The molecule has 1 unspecified atom stereocenters. The van der Waals surface area contributed by atoms with Gasteiger partial charge in [-0.25, -0.2) is 0 Å². The zero-order chi connectivity index (χ0) is 8.10. The van der Waals surface area contributed by atoms with Crippen molar-refractivity contribution in [2.75, 3.05) is 13.2 Å². The van der Waals surface area contributed by atoms with Crippen molar-refractivity contribution < 1.29 is 14.6 Å². The Bertz CT molecular complexity index is 172. The van der Waals surface area contributed by atoms with Crippen molar-refractivity contribution in [1.82, 2.24) is 0 Å². The summed E-state index contributed by atoms with van der Waals surface area (Å²) in [5.74, 6) is 0.223. The summed E-state index contributed by atoms with van der Waals surface area (Å²) in [4.78, 5) is 0. The molecule has 1 aliphatic rings. The highest BCUT2D eigenvalue weighted by Crippen LogP contribution is 2.09. The van der Waals surface area contributed by atoms with Crippen molar-refractivity contribution >= 4 is 0 Å². The van der Waals surface area contributed by atoms with Crippen LogP contribution in [0.1, 0.15) is 6.92 Å². The summed E-state index contributed by atoms with van der Waals surface area (Å²) in [6.45, 7) is 2.94. The molecule has 1 aliphatic heterocycles. The Morgan fingerprint density at radius 3 is 3.18 bits per heavy atom. The molecular formula is C8H12O3. The van der Waals surface area contributed by atoms with Gasteiger partial charge in [0.2, 0.25) is 0 Å². The number of rotatable bonds is 3. The van der Waals surface area contributed by atoms with Gasteiger partial charge in [0.1, 0.15) is 5.76 Å². The van der Waals surface area contributed by atoms with E-state index in [4.69, 9.17) is 9.47 Å². The number of hydrogen-bond acceptors (Lipinski definition) is 3. The summed E-state index contributed by atoms with van der Waals surface area (Å²) in [5.41, 5.74) is 0. The van der Waals surface area contributed by atoms with Crippen molar-refractivity contribution in [3.05, 3.63) is 24.2 Å². The lowest BCUT2D eigenvalue weighted by Crippen LogP contribution is -2.21. The van der Waals surface area contributed by atoms with Crippen LogP contribution in [0.4, 0.5) is 0 Å². The molecule has 0 radical (unpaired) electrons. The highest BCUT2D eigenvalue weighted by Gasteiger charge is 2.14. The number of aliphatic hydroxyl groups is 1. The van der Waals surface area contributed by atoms with Crippen LogP contribution in [0, 0.1) is 0 Å². The van der Waals surface area contributed by atoms with E-state index in [0.29, 0.717) is 13.2 Å². The molecule has 0 aromatic heterocycles. The van der Waals surface area contributed by atoms with Crippen molar-refractivity contribution in [2.45, 2.75) is 13.0 Å². The van der Waals surface area contributed by atoms with E-state index in [1.54, 1.807) is 18.4 Å².